The minimum Gasteiger partial charge on any atom is -0.394 e. The highest BCUT2D eigenvalue weighted by Crippen LogP contribution is 2.33. The average Bonchev–Trinajstić information content (AvgIpc) is 3.02. The van der Waals surface area contributed by atoms with Crippen LogP contribution in [-0.4, -0.2) is 45.0 Å². The van der Waals surface area contributed by atoms with Gasteiger partial charge < -0.3 is 20.1 Å². The SMILES string of the molecule is C/C=C1/C=C(F)C(Nc2c(C(=O)NOC[C@H](O)CO)c3cccnc3n2C)=CC1C. The van der Waals surface area contributed by atoms with Crippen LogP contribution in [0, 0.1) is 5.92 Å². The second-order valence-electron chi connectivity index (χ2n) is 7.01. The fourth-order valence-electron chi connectivity index (χ4n) is 3.30. The van der Waals surface area contributed by atoms with Gasteiger partial charge in [-0.25, -0.2) is 14.9 Å². The lowest BCUT2D eigenvalue weighted by Gasteiger charge is -2.20. The molecule has 0 saturated carbocycles. The Morgan fingerprint density at radius 2 is 2.27 bits per heavy atom. The van der Waals surface area contributed by atoms with Gasteiger partial charge in [0.25, 0.3) is 5.91 Å². The van der Waals surface area contributed by atoms with Gasteiger partial charge in [-0.05, 0) is 30.7 Å². The number of nitrogens with zero attached hydrogens (tertiary/aromatic N) is 2. The minimum absolute atomic E-state index is 0.00499. The number of allylic oxidation sites excluding steroid dienone is 5. The topological polar surface area (TPSA) is 109 Å². The summed E-state index contributed by atoms with van der Waals surface area (Å²) in [6.07, 6.45) is 5.56. The Labute approximate surface area is 173 Å². The smallest absolute Gasteiger partial charge is 0.279 e. The molecule has 30 heavy (non-hydrogen) atoms. The fraction of sp³-hybridized carbons (Fsp3) is 0.333. The lowest BCUT2D eigenvalue weighted by atomic mass is 9.94. The molecule has 0 fully saturated rings. The van der Waals surface area contributed by atoms with Crippen molar-refractivity contribution < 1.29 is 24.2 Å². The Kier molecular flexibility index (Phi) is 6.66. The first-order chi connectivity index (χ1) is 14.4. The number of aliphatic hydroxyl groups excluding tert-OH is 2. The Balaban J connectivity index is 1.96. The summed E-state index contributed by atoms with van der Waals surface area (Å²) in [5.74, 6) is -0.679. The number of amides is 1. The van der Waals surface area contributed by atoms with Crippen LogP contribution in [0.4, 0.5) is 10.2 Å². The first-order valence-electron chi connectivity index (χ1n) is 9.54. The number of aliphatic hydroxyl groups is 2. The molecule has 0 aromatic carbocycles. The zero-order chi connectivity index (χ0) is 21.8. The molecule has 2 heterocycles. The number of hydrogen-bond donors (Lipinski definition) is 4. The van der Waals surface area contributed by atoms with Crippen LogP contribution in [0.15, 0.2) is 53.7 Å². The first kappa shape index (κ1) is 21.7. The molecule has 8 nitrogen and oxygen atoms in total. The second-order valence-corrected chi connectivity index (χ2v) is 7.01. The van der Waals surface area contributed by atoms with Crippen molar-refractivity contribution in [3.63, 3.8) is 0 Å². The van der Waals surface area contributed by atoms with E-state index in [2.05, 4.69) is 15.8 Å². The molecular weight excluding hydrogens is 391 g/mol. The number of rotatable bonds is 7. The van der Waals surface area contributed by atoms with Gasteiger partial charge >= 0.3 is 0 Å². The number of carbonyl (C=O) groups excluding carboxylic acids is 1. The predicted octanol–water partition coefficient (Wildman–Crippen LogP) is 2.33. The molecule has 9 heteroatoms. The van der Waals surface area contributed by atoms with E-state index in [1.165, 1.54) is 6.08 Å². The maximum Gasteiger partial charge on any atom is 0.279 e. The summed E-state index contributed by atoms with van der Waals surface area (Å²) in [7, 11) is 1.72. The van der Waals surface area contributed by atoms with Gasteiger partial charge in [0.15, 0.2) is 0 Å². The van der Waals surface area contributed by atoms with Crippen LogP contribution in [0.25, 0.3) is 11.0 Å². The Morgan fingerprint density at radius 3 is 2.97 bits per heavy atom. The molecule has 0 spiro atoms. The van der Waals surface area contributed by atoms with Crippen molar-refractivity contribution >= 4 is 22.8 Å². The summed E-state index contributed by atoms with van der Waals surface area (Å²) in [4.78, 5) is 22.2. The number of halogens is 1. The third kappa shape index (κ3) is 4.28. The van der Waals surface area contributed by atoms with Crippen molar-refractivity contribution in [2.45, 2.75) is 20.0 Å². The lowest BCUT2D eigenvalue weighted by Crippen LogP contribution is -2.30. The van der Waals surface area contributed by atoms with Crippen LogP contribution < -0.4 is 10.8 Å². The molecule has 1 amide bonds. The molecule has 2 aromatic rings. The first-order valence-corrected chi connectivity index (χ1v) is 9.54. The van der Waals surface area contributed by atoms with Crippen molar-refractivity contribution in [1.29, 1.82) is 0 Å². The van der Waals surface area contributed by atoms with Gasteiger partial charge in [0.1, 0.15) is 30.0 Å². The largest absolute Gasteiger partial charge is 0.394 e. The number of anilines is 1. The van der Waals surface area contributed by atoms with E-state index in [0.29, 0.717) is 16.9 Å². The second kappa shape index (κ2) is 9.21. The van der Waals surface area contributed by atoms with E-state index in [0.717, 1.165) is 5.57 Å². The zero-order valence-electron chi connectivity index (χ0n) is 17.0. The van der Waals surface area contributed by atoms with Crippen molar-refractivity contribution in [1.82, 2.24) is 15.0 Å². The van der Waals surface area contributed by atoms with Crippen LogP contribution >= 0.6 is 0 Å². The molecule has 1 aliphatic carbocycles. The molecule has 160 valence electrons. The minimum atomic E-state index is -1.12. The van der Waals surface area contributed by atoms with E-state index in [4.69, 9.17) is 9.94 Å². The van der Waals surface area contributed by atoms with E-state index in [1.807, 2.05) is 19.9 Å². The predicted molar refractivity (Wildman–Crippen MR) is 111 cm³/mol. The summed E-state index contributed by atoms with van der Waals surface area (Å²) in [6.45, 7) is 3.04. The number of hydrogen-bond acceptors (Lipinski definition) is 6. The summed E-state index contributed by atoms with van der Waals surface area (Å²) in [5, 5.41) is 21.8. The van der Waals surface area contributed by atoms with Crippen LogP contribution in [0.1, 0.15) is 24.2 Å². The molecule has 0 radical (unpaired) electrons. The van der Waals surface area contributed by atoms with Crippen LogP contribution in [0.5, 0.6) is 0 Å². The number of hydroxylamine groups is 1. The number of fused-ring (bicyclic) bond motifs is 1. The van der Waals surface area contributed by atoms with Crippen molar-refractivity contribution in [3.8, 4) is 0 Å². The highest BCUT2D eigenvalue weighted by atomic mass is 19.1. The quantitative estimate of drug-likeness (QED) is 0.516. The van der Waals surface area contributed by atoms with Gasteiger partial charge in [-0.2, -0.15) is 0 Å². The third-order valence-electron chi connectivity index (χ3n) is 4.90. The van der Waals surface area contributed by atoms with Crippen molar-refractivity contribution in [3.05, 3.63) is 59.2 Å². The number of aromatic nitrogens is 2. The van der Waals surface area contributed by atoms with Gasteiger partial charge in [0.2, 0.25) is 0 Å². The Bertz CT molecular complexity index is 1040. The standard InChI is InChI=1S/C21H25FN4O4/c1-4-13-9-16(22)17(8-12(13)2)24-20-18(21(29)25-30-11-14(28)10-27)15-6-5-7-23-19(15)26(20)3/h4-9,12,14,24,27-28H,10-11H2,1-3H3,(H,25,29)/b13-4-/t12?,14-/m1/s1. The zero-order valence-corrected chi connectivity index (χ0v) is 17.0. The molecule has 1 unspecified atom stereocenters. The molecular formula is C21H25FN4O4. The van der Waals surface area contributed by atoms with Crippen LogP contribution in [-0.2, 0) is 11.9 Å². The van der Waals surface area contributed by atoms with E-state index < -0.39 is 24.4 Å². The Morgan fingerprint density at radius 1 is 1.50 bits per heavy atom. The van der Waals surface area contributed by atoms with Gasteiger partial charge in [-0.3, -0.25) is 9.63 Å². The molecule has 3 rings (SSSR count). The van der Waals surface area contributed by atoms with Gasteiger partial charge in [-0.1, -0.05) is 19.1 Å². The summed E-state index contributed by atoms with van der Waals surface area (Å²) in [5.41, 5.74) is 4.13. The highest BCUT2D eigenvalue weighted by Gasteiger charge is 2.25. The lowest BCUT2D eigenvalue weighted by molar-refractivity contribution is -0.0294. The van der Waals surface area contributed by atoms with Crippen LogP contribution in [0.3, 0.4) is 0 Å². The molecule has 2 atom stereocenters. The average molecular weight is 416 g/mol. The van der Waals surface area contributed by atoms with Gasteiger partial charge in [0.05, 0.1) is 17.9 Å². The number of aryl methyl sites for hydroxylation is 1. The molecule has 4 N–H and O–H groups in total. The molecule has 0 aliphatic heterocycles. The molecule has 2 aromatic heterocycles. The molecule has 1 aliphatic rings. The van der Waals surface area contributed by atoms with E-state index in [9.17, 15) is 14.3 Å². The molecule has 0 bridgehead atoms. The van der Waals surface area contributed by atoms with E-state index in [1.54, 1.807) is 36.0 Å². The van der Waals surface area contributed by atoms with Gasteiger partial charge in [-0.15, -0.1) is 0 Å². The van der Waals surface area contributed by atoms with Crippen molar-refractivity contribution in [2.24, 2.45) is 13.0 Å². The number of carbonyl (C=O) groups is 1. The molecule has 0 saturated heterocycles. The summed E-state index contributed by atoms with van der Waals surface area (Å²) >= 11 is 0. The fourth-order valence-corrected chi connectivity index (χ4v) is 3.30. The normalized spacial score (nSPS) is 18.9. The maximum atomic E-state index is 14.7. The summed E-state index contributed by atoms with van der Waals surface area (Å²) in [6, 6.07) is 3.42. The van der Waals surface area contributed by atoms with Gasteiger partial charge in [0, 0.05) is 24.5 Å². The van der Waals surface area contributed by atoms with Crippen LogP contribution in [0.2, 0.25) is 0 Å². The highest BCUT2D eigenvalue weighted by molar-refractivity contribution is 6.11. The monoisotopic (exact) mass is 416 g/mol. The summed E-state index contributed by atoms with van der Waals surface area (Å²) < 4.78 is 16.3. The van der Waals surface area contributed by atoms with E-state index >= 15 is 0 Å². The van der Waals surface area contributed by atoms with E-state index in [-0.39, 0.29) is 23.8 Å². The third-order valence-corrected chi connectivity index (χ3v) is 4.90. The maximum absolute atomic E-state index is 14.7. The number of pyridine rings is 1. The number of nitrogens with one attached hydrogen (secondary N) is 2. The van der Waals surface area contributed by atoms with Crippen molar-refractivity contribution in [2.75, 3.05) is 18.5 Å². The Hall–Kier alpha value is -3.01.